The van der Waals surface area contributed by atoms with Gasteiger partial charge in [-0.25, -0.2) is 0 Å². The smallest absolute Gasteiger partial charge is 0.281 e. The molecular weight excluding hydrogens is 282 g/mol. The molecule has 0 aliphatic carbocycles. The Kier molecular flexibility index (Phi) is 4.43. The Labute approximate surface area is 119 Å². The second-order valence-electron chi connectivity index (χ2n) is 5.08. The van der Waals surface area contributed by atoms with E-state index in [9.17, 15) is 8.42 Å². The Balaban J connectivity index is 1.98. The molecule has 1 atom stereocenters. The molecule has 0 radical (unpaired) electrons. The molecule has 1 aliphatic heterocycles. The highest BCUT2D eigenvalue weighted by molar-refractivity contribution is 7.86. The van der Waals surface area contributed by atoms with Gasteiger partial charge < -0.3 is 4.52 Å². The van der Waals surface area contributed by atoms with Crippen molar-refractivity contribution in [3.05, 3.63) is 11.7 Å². The van der Waals surface area contributed by atoms with Gasteiger partial charge in [-0.3, -0.25) is 4.90 Å². The van der Waals surface area contributed by atoms with E-state index in [0.29, 0.717) is 37.9 Å². The van der Waals surface area contributed by atoms with Crippen LogP contribution in [0.2, 0.25) is 0 Å². The zero-order valence-corrected chi connectivity index (χ0v) is 13.1. The maximum absolute atomic E-state index is 12.0. The summed E-state index contributed by atoms with van der Waals surface area (Å²) in [5, 5.41) is 3.78. The largest absolute Gasteiger partial charge is 0.338 e. The highest BCUT2D eigenvalue weighted by Gasteiger charge is 2.31. The molecule has 0 saturated carbocycles. The van der Waals surface area contributed by atoms with Crippen molar-refractivity contribution in [2.75, 3.05) is 40.3 Å². The Morgan fingerprint density at radius 1 is 1.25 bits per heavy atom. The number of hydrogen-bond acceptors (Lipinski definition) is 6. The van der Waals surface area contributed by atoms with Crippen molar-refractivity contribution in [2.45, 2.75) is 19.9 Å². The summed E-state index contributed by atoms with van der Waals surface area (Å²) in [4.78, 5) is 6.37. The van der Waals surface area contributed by atoms with E-state index in [2.05, 4.69) is 15.0 Å². The standard InChI is InChI=1S/C11H21N5O3S/c1-9(11-12-10(2)13-19-11)15-5-7-16(8-6-15)20(17,18)14(3)4/h9H,5-8H2,1-4H3/t9-/m0/s1. The molecule has 0 amide bonds. The predicted molar refractivity (Wildman–Crippen MR) is 73.2 cm³/mol. The summed E-state index contributed by atoms with van der Waals surface area (Å²) in [5.74, 6) is 1.19. The Bertz CT molecular complexity index is 548. The molecule has 0 unspecified atom stereocenters. The van der Waals surface area contributed by atoms with Gasteiger partial charge in [-0.15, -0.1) is 0 Å². The minimum Gasteiger partial charge on any atom is -0.338 e. The van der Waals surface area contributed by atoms with E-state index in [1.165, 1.54) is 8.61 Å². The number of hydrogen-bond donors (Lipinski definition) is 0. The summed E-state index contributed by atoms with van der Waals surface area (Å²) in [5.41, 5.74) is 0. The van der Waals surface area contributed by atoms with Crippen LogP contribution in [0.1, 0.15) is 24.7 Å². The minimum atomic E-state index is -3.32. The van der Waals surface area contributed by atoms with Crippen LogP contribution < -0.4 is 0 Å². The van der Waals surface area contributed by atoms with E-state index in [4.69, 9.17) is 4.52 Å². The molecule has 0 spiro atoms. The summed E-state index contributed by atoms with van der Waals surface area (Å²) in [6.45, 7) is 6.01. The van der Waals surface area contributed by atoms with Gasteiger partial charge in [-0.1, -0.05) is 5.16 Å². The Hall–Kier alpha value is -1.03. The normalized spacial score (nSPS) is 20.4. The van der Waals surface area contributed by atoms with Gasteiger partial charge in [0, 0.05) is 40.3 Å². The zero-order chi connectivity index (χ0) is 14.9. The van der Waals surface area contributed by atoms with Crippen molar-refractivity contribution < 1.29 is 12.9 Å². The zero-order valence-electron chi connectivity index (χ0n) is 12.3. The van der Waals surface area contributed by atoms with Crippen molar-refractivity contribution >= 4 is 10.2 Å². The van der Waals surface area contributed by atoms with E-state index in [0.717, 1.165) is 0 Å². The van der Waals surface area contributed by atoms with Crippen LogP contribution in [-0.2, 0) is 10.2 Å². The van der Waals surface area contributed by atoms with Gasteiger partial charge in [-0.05, 0) is 13.8 Å². The number of aromatic nitrogens is 2. The first-order chi connectivity index (χ1) is 9.32. The lowest BCUT2D eigenvalue weighted by Crippen LogP contribution is -2.52. The molecule has 1 aliphatic rings. The molecule has 1 saturated heterocycles. The molecule has 9 heteroatoms. The number of nitrogens with zero attached hydrogens (tertiary/aromatic N) is 5. The third kappa shape index (κ3) is 3.00. The minimum absolute atomic E-state index is 0.000380. The van der Waals surface area contributed by atoms with E-state index in [1.54, 1.807) is 21.0 Å². The van der Waals surface area contributed by atoms with Gasteiger partial charge in [-0.2, -0.15) is 22.0 Å². The van der Waals surface area contributed by atoms with Crippen molar-refractivity contribution in [3.8, 4) is 0 Å². The third-order valence-corrected chi connectivity index (χ3v) is 5.45. The average Bonchev–Trinajstić information content (AvgIpc) is 2.84. The molecule has 1 fully saturated rings. The van der Waals surface area contributed by atoms with Crippen molar-refractivity contribution in [1.82, 2.24) is 23.7 Å². The Morgan fingerprint density at radius 3 is 2.30 bits per heavy atom. The molecule has 2 rings (SSSR count). The lowest BCUT2D eigenvalue weighted by molar-refractivity contribution is 0.122. The van der Waals surface area contributed by atoms with Crippen LogP contribution in [0.15, 0.2) is 4.52 Å². The maximum Gasteiger partial charge on any atom is 0.281 e. The molecule has 2 heterocycles. The van der Waals surface area contributed by atoms with Crippen molar-refractivity contribution in [1.29, 1.82) is 0 Å². The highest BCUT2D eigenvalue weighted by atomic mass is 32.2. The van der Waals surface area contributed by atoms with Crippen molar-refractivity contribution in [2.24, 2.45) is 0 Å². The van der Waals surface area contributed by atoms with Crippen LogP contribution in [0.4, 0.5) is 0 Å². The fourth-order valence-corrected chi connectivity index (χ4v) is 3.28. The highest BCUT2D eigenvalue weighted by Crippen LogP contribution is 2.21. The van der Waals surface area contributed by atoms with Crippen LogP contribution >= 0.6 is 0 Å². The second-order valence-corrected chi connectivity index (χ2v) is 7.22. The predicted octanol–water partition coefficient (Wildman–Crippen LogP) is -0.137. The van der Waals surface area contributed by atoms with Crippen molar-refractivity contribution in [3.63, 3.8) is 0 Å². The number of aryl methyl sites for hydroxylation is 1. The van der Waals surface area contributed by atoms with Crippen LogP contribution in [0, 0.1) is 6.92 Å². The fourth-order valence-electron chi connectivity index (χ4n) is 2.19. The van der Waals surface area contributed by atoms with Crippen LogP contribution in [0.25, 0.3) is 0 Å². The maximum atomic E-state index is 12.0. The van der Waals surface area contributed by atoms with E-state index in [-0.39, 0.29) is 6.04 Å². The summed E-state index contributed by atoms with van der Waals surface area (Å²) < 4.78 is 32.0. The van der Waals surface area contributed by atoms with Gasteiger partial charge in [0.1, 0.15) is 0 Å². The molecule has 1 aromatic heterocycles. The average molecular weight is 303 g/mol. The van der Waals surface area contributed by atoms with Gasteiger partial charge in [0.15, 0.2) is 5.82 Å². The first kappa shape index (κ1) is 15.4. The summed E-state index contributed by atoms with van der Waals surface area (Å²) in [7, 11) is -0.227. The number of rotatable bonds is 4. The summed E-state index contributed by atoms with van der Waals surface area (Å²) >= 11 is 0. The lowest BCUT2D eigenvalue weighted by atomic mass is 10.2. The molecule has 8 nitrogen and oxygen atoms in total. The van der Waals surface area contributed by atoms with E-state index >= 15 is 0 Å². The second kappa shape index (κ2) is 5.76. The van der Waals surface area contributed by atoms with E-state index in [1.807, 2.05) is 6.92 Å². The van der Waals surface area contributed by atoms with Gasteiger partial charge in [0.05, 0.1) is 6.04 Å². The molecular formula is C11H21N5O3S. The summed E-state index contributed by atoms with van der Waals surface area (Å²) in [6, 6.07) is 0.000380. The molecule has 0 aromatic carbocycles. The summed E-state index contributed by atoms with van der Waals surface area (Å²) in [6.07, 6.45) is 0. The van der Waals surface area contributed by atoms with Crippen LogP contribution in [0.5, 0.6) is 0 Å². The molecule has 0 bridgehead atoms. The van der Waals surface area contributed by atoms with E-state index < -0.39 is 10.2 Å². The lowest BCUT2D eigenvalue weighted by Gasteiger charge is -2.36. The fraction of sp³-hybridized carbons (Fsp3) is 0.818. The monoisotopic (exact) mass is 303 g/mol. The molecule has 114 valence electrons. The third-order valence-electron chi connectivity index (χ3n) is 3.51. The topological polar surface area (TPSA) is 82.8 Å². The van der Waals surface area contributed by atoms with Crippen LogP contribution in [-0.4, -0.2) is 72.3 Å². The molecule has 0 N–H and O–H groups in total. The number of piperazine rings is 1. The molecule has 1 aromatic rings. The Morgan fingerprint density at radius 2 is 1.85 bits per heavy atom. The van der Waals surface area contributed by atoms with Crippen LogP contribution in [0.3, 0.4) is 0 Å². The SMILES string of the molecule is Cc1noc([C@H](C)N2CCN(S(=O)(=O)N(C)C)CC2)n1. The first-order valence-corrected chi connectivity index (χ1v) is 7.94. The molecule has 20 heavy (non-hydrogen) atoms. The van der Waals surface area contributed by atoms with Gasteiger partial charge in [0.25, 0.3) is 10.2 Å². The quantitative estimate of drug-likeness (QED) is 0.770. The first-order valence-electron chi connectivity index (χ1n) is 6.54. The van der Waals surface area contributed by atoms with Gasteiger partial charge >= 0.3 is 0 Å². The van der Waals surface area contributed by atoms with Gasteiger partial charge in [0.2, 0.25) is 5.89 Å².